The van der Waals surface area contributed by atoms with Gasteiger partial charge < -0.3 is 9.30 Å². The fraction of sp³-hybridized carbons (Fsp3) is 0.154. The number of nitro benzene ring substituents is 1. The molecular weight excluding hydrogens is 267 g/mol. The Morgan fingerprint density at radius 1 is 1.30 bits per heavy atom. The standard InChI is InChI=1S/C13H11FN2O4/c14-10-4-5-13(17)15(9-10)6-7-20-12-3-1-2-11(8-12)16(18)19/h1-5,8-9H,6-7H2. The van der Waals surface area contributed by atoms with Crippen LogP contribution in [0.2, 0.25) is 0 Å². The molecule has 0 aliphatic rings. The molecule has 0 atom stereocenters. The highest BCUT2D eigenvalue weighted by Gasteiger charge is 2.06. The average Bonchev–Trinajstić information content (AvgIpc) is 2.43. The Balaban J connectivity index is 1.99. The fourth-order valence-corrected chi connectivity index (χ4v) is 1.63. The van der Waals surface area contributed by atoms with Crippen LogP contribution in [0.1, 0.15) is 0 Å². The van der Waals surface area contributed by atoms with E-state index < -0.39 is 10.7 Å². The van der Waals surface area contributed by atoms with E-state index in [1.165, 1.54) is 22.8 Å². The van der Waals surface area contributed by atoms with E-state index in [9.17, 15) is 19.3 Å². The second-order valence-corrected chi connectivity index (χ2v) is 3.98. The Hall–Kier alpha value is -2.70. The Morgan fingerprint density at radius 3 is 2.85 bits per heavy atom. The predicted molar refractivity (Wildman–Crippen MR) is 69.3 cm³/mol. The minimum atomic E-state index is -0.524. The van der Waals surface area contributed by atoms with E-state index in [4.69, 9.17) is 4.74 Å². The van der Waals surface area contributed by atoms with Gasteiger partial charge in [0.25, 0.3) is 11.2 Å². The summed E-state index contributed by atoms with van der Waals surface area (Å²) in [5.41, 5.74) is -0.417. The Kier molecular flexibility index (Phi) is 4.09. The van der Waals surface area contributed by atoms with Crippen LogP contribution < -0.4 is 10.3 Å². The van der Waals surface area contributed by atoms with Gasteiger partial charge in [-0.05, 0) is 12.1 Å². The van der Waals surface area contributed by atoms with Crippen LogP contribution in [0.5, 0.6) is 5.75 Å². The first-order valence-corrected chi connectivity index (χ1v) is 5.79. The van der Waals surface area contributed by atoms with Crippen molar-refractivity contribution in [1.82, 2.24) is 4.57 Å². The summed E-state index contributed by atoms with van der Waals surface area (Å²) in [7, 11) is 0. The number of rotatable bonds is 5. The summed E-state index contributed by atoms with van der Waals surface area (Å²) >= 11 is 0. The molecule has 1 aromatic heterocycles. The number of hydrogen-bond acceptors (Lipinski definition) is 4. The first-order valence-electron chi connectivity index (χ1n) is 5.79. The zero-order valence-corrected chi connectivity index (χ0v) is 10.4. The maximum Gasteiger partial charge on any atom is 0.273 e. The van der Waals surface area contributed by atoms with E-state index in [2.05, 4.69) is 0 Å². The molecule has 0 fully saturated rings. The highest BCUT2D eigenvalue weighted by Crippen LogP contribution is 2.18. The monoisotopic (exact) mass is 278 g/mol. The van der Waals surface area contributed by atoms with Gasteiger partial charge in [0.1, 0.15) is 18.2 Å². The number of ether oxygens (including phenoxy) is 1. The Labute approximate surface area is 113 Å². The van der Waals surface area contributed by atoms with Gasteiger partial charge in [0.15, 0.2) is 0 Å². The molecule has 7 heteroatoms. The zero-order chi connectivity index (χ0) is 14.5. The van der Waals surface area contributed by atoms with Crippen LogP contribution in [-0.2, 0) is 6.54 Å². The lowest BCUT2D eigenvalue weighted by molar-refractivity contribution is -0.384. The molecule has 0 saturated carbocycles. The number of benzene rings is 1. The third-order valence-electron chi connectivity index (χ3n) is 2.58. The van der Waals surface area contributed by atoms with E-state index in [1.54, 1.807) is 6.07 Å². The predicted octanol–water partition coefficient (Wildman–Crippen LogP) is 1.97. The van der Waals surface area contributed by atoms with Gasteiger partial charge in [-0.1, -0.05) is 6.07 Å². The molecule has 2 aromatic rings. The van der Waals surface area contributed by atoms with E-state index in [1.807, 2.05) is 0 Å². The van der Waals surface area contributed by atoms with Gasteiger partial charge in [-0.25, -0.2) is 4.39 Å². The van der Waals surface area contributed by atoms with Crippen LogP contribution in [0.4, 0.5) is 10.1 Å². The lowest BCUT2D eigenvalue weighted by Crippen LogP contribution is -2.22. The van der Waals surface area contributed by atoms with Crippen molar-refractivity contribution < 1.29 is 14.1 Å². The number of hydrogen-bond donors (Lipinski definition) is 0. The van der Waals surface area contributed by atoms with E-state index in [-0.39, 0.29) is 24.4 Å². The normalized spacial score (nSPS) is 10.2. The van der Waals surface area contributed by atoms with Gasteiger partial charge in [0.05, 0.1) is 17.5 Å². The molecule has 0 aliphatic heterocycles. The molecule has 104 valence electrons. The minimum absolute atomic E-state index is 0.0783. The topological polar surface area (TPSA) is 74.4 Å². The second-order valence-electron chi connectivity index (χ2n) is 3.98. The molecule has 6 nitrogen and oxygen atoms in total. The van der Waals surface area contributed by atoms with Crippen molar-refractivity contribution in [2.24, 2.45) is 0 Å². The SMILES string of the molecule is O=c1ccc(F)cn1CCOc1cccc([N+](=O)[O-])c1. The van der Waals surface area contributed by atoms with Crippen LogP contribution in [0.25, 0.3) is 0 Å². The summed E-state index contributed by atoms with van der Waals surface area (Å²) in [4.78, 5) is 21.5. The highest BCUT2D eigenvalue weighted by atomic mass is 19.1. The second kappa shape index (κ2) is 5.96. The summed E-state index contributed by atoms with van der Waals surface area (Å²) in [6, 6.07) is 7.92. The van der Waals surface area contributed by atoms with Gasteiger partial charge in [0, 0.05) is 18.3 Å². The molecule has 0 unspecified atom stereocenters. The molecule has 1 aromatic carbocycles. The largest absolute Gasteiger partial charge is 0.491 e. The average molecular weight is 278 g/mol. The van der Waals surface area contributed by atoms with Crippen molar-refractivity contribution >= 4 is 5.69 Å². The molecule has 20 heavy (non-hydrogen) atoms. The minimum Gasteiger partial charge on any atom is -0.491 e. The molecule has 0 aliphatic carbocycles. The van der Waals surface area contributed by atoms with Crippen molar-refractivity contribution in [1.29, 1.82) is 0 Å². The van der Waals surface area contributed by atoms with Crippen molar-refractivity contribution in [3.05, 3.63) is 68.9 Å². The molecule has 0 amide bonds. The summed E-state index contributed by atoms with van der Waals surface area (Å²) in [5.74, 6) is -0.191. The fourth-order valence-electron chi connectivity index (χ4n) is 1.63. The maximum absolute atomic E-state index is 13.0. The molecule has 1 heterocycles. The quantitative estimate of drug-likeness (QED) is 0.619. The van der Waals surface area contributed by atoms with Crippen LogP contribution in [0.15, 0.2) is 47.4 Å². The smallest absolute Gasteiger partial charge is 0.273 e. The van der Waals surface area contributed by atoms with Crippen molar-refractivity contribution in [2.75, 3.05) is 6.61 Å². The molecular formula is C13H11FN2O4. The Bertz CT molecular complexity index is 684. The van der Waals surface area contributed by atoms with Crippen LogP contribution in [0, 0.1) is 15.9 Å². The van der Waals surface area contributed by atoms with Crippen LogP contribution >= 0.6 is 0 Å². The van der Waals surface area contributed by atoms with Crippen LogP contribution in [-0.4, -0.2) is 16.1 Å². The number of pyridine rings is 1. The summed E-state index contributed by atoms with van der Waals surface area (Å²) < 4.78 is 19.4. The summed E-state index contributed by atoms with van der Waals surface area (Å²) in [6.45, 7) is 0.254. The third kappa shape index (κ3) is 3.41. The lowest BCUT2D eigenvalue weighted by Gasteiger charge is -2.08. The summed E-state index contributed by atoms with van der Waals surface area (Å²) in [6.07, 6.45) is 1.08. The third-order valence-corrected chi connectivity index (χ3v) is 2.58. The maximum atomic E-state index is 13.0. The van der Waals surface area contributed by atoms with Gasteiger partial charge in [-0.2, -0.15) is 0 Å². The number of nitro groups is 1. The van der Waals surface area contributed by atoms with Crippen molar-refractivity contribution in [3.63, 3.8) is 0 Å². The van der Waals surface area contributed by atoms with Crippen LogP contribution in [0.3, 0.4) is 0 Å². The van der Waals surface area contributed by atoms with E-state index in [0.29, 0.717) is 5.75 Å². The first-order chi connectivity index (χ1) is 9.56. The van der Waals surface area contributed by atoms with E-state index in [0.717, 1.165) is 18.3 Å². The number of non-ortho nitro benzene ring substituents is 1. The van der Waals surface area contributed by atoms with Crippen molar-refractivity contribution in [3.8, 4) is 5.75 Å². The molecule has 0 radical (unpaired) electrons. The first kappa shape index (κ1) is 13.7. The van der Waals surface area contributed by atoms with Crippen molar-refractivity contribution in [2.45, 2.75) is 6.54 Å². The highest BCUT2D eigenvalue weighted by molar-refractivity contribution is 5.37. The zero-order valence-electron chi connectivity index (χ0n) is 10.4. The lowest BCUT2D eigenvalue weighted by atomic mass is 10.3. The number of aromatic nitrogens is 1. The van der Waals surface area contributed by atoms with Gasteiger partial charge in [0.2, 0.25) is 0 Å². The number of halogens is 1. The molecule has 0 N–H and O–H groups in total. The van der Waals surface area contributed by atoms with Gasteiger partial charge in [-0.3, -0.25) is 14.9 Å². The van der Waals surface area contributed by atoms with Gasteiger partial charge >= 0.3 is 0 Å². The summed E-state index contributed by atoms with van der Waals surface area (Å²) in [5, 5.41) is 10.6. The number of nitrogens with zero attached hydrogens (tertiary/aromatic N) is 2. The molecule has 0 saturated heterocycles. The molecule has 0 bridgehead atoms. The molecule has 0 spiro atoms. The molecule has 2 rings (SSSR count). The Morgan fingerprint density at radius 2 is 2.10 bits per heavy atom. The van der Waals surface area contributed by atoms with E-state index >= 15 is 0 Å². The van der Waals surface area contributed by atoms with Gasteiger partial charge in [-0.15, -0.1) is 0 Å².